The summed E-state index contributed by atoms with van der Waals surface area (Å²) in [5.74, 6) is 0. The highest BCUT2D eigenvalue weighted by atomic mass is 32.2. The van der Waals surface area contributed by atoms with Crippen LogP contribution in [0.15, 0.2) is 29.2 Å². The molecule has 1 atom stereocenters. The van der Waals surface area contributed by atoms with Gasteiger partial charge in [-0.25, -0.2) is 0 Å². The molecule has 0 amide bonds. The Morgan fingerprint density at radius 3 is 2.94 bits per heavy atom. The van der Waals surface area contributed by atoms with E-state index >= 15 is 0 Å². The van der Waals surface area contributed by atoms with Crippen LogP contribution in [0.1, 0.15) is 25.3 Å². The minimum atomic E-state index is 0.635. The summed E-state index contributed by atoms with van der Waals surface area (Å²) in [5.41, 5.74) is 2.17. The highest BCUT2D eigenvalue weighted by Gasteiger charge is 2.36. The van der Waals surface area contributed by atoms with Crippen molar-refractivity contribution in [2.45, 2.75) is 36.3 Å². The van der Waals surface area contributed by atoms with Crippen LogP contribution in [-0.2, 0) is 6.42 Å². The van der Waals surface area contributed by atoms with Crippen molar-refractivity contribution < 1.29 is 0 Å². The molecule has 1 aromatic carbocycles. The molecule has 3 rings (SSSR count). The predicted molar refractivity (Wildman–Crippen MR) is 70.0 cm³/mol. The molecule has 0 aromatic heterocycles. The molecule has 1 aliphatic heterocycles. The van der Waals surface area contributed by atoms with Crippen molar-refractivity contribution in [3.05, 3.63) is 29.8 Å². The van der Waals surface area contributed by atoms with Crippen LogP contribution in [0.3, 0.4) is 0 Å². The summed E-state index contributed by atoms with van der Waals surface area (Å²) >= 11 is 2.04. The number of benzene rings is 1. The molecule has 0 spiro atoms. The topological polar surface area (TPSA) is 12.0 Å². The largest absolute Gasteiger partial charge is 0.315 e. The summed E-state index contributed by atoms with van der Waals surface area (Å²) in [4.78, 5) is 1.49. The second-order valence-corrected chi connectivity index (χ2v) is 6.84. The van der Waals surface area contributed by atoms with Gasteiger partial charge in [-0.1, -0.05) is 25.1 Å². The lowest BCUT2D eigenvalue weighted by atomic mass is 10.1. The minimum Gasteiger partial charge on any atom is -0.315 e. The van der Waals surface area contributed by atoms with Crippen LogP contribution in [0.4, 0.5) is 0 Å². The van der Waals surface area contributed by atoms with Crippen LogP contribution in [-0.4, -0.2) is 18.3 Å². The predicted octanol–water partition coefficient (Wildman–Crippen LogP) is 3.09. The maximum atomic E-state index is 3.64. The Bertz CT molecular complexity index is 359. The van der Waals surface area contributed by atoms with Crippen molar-refractivity contribution in [3.63, 3.8) is 0 Å². The van der Waals surface area contributed by atoms with E-state index in [1.807, 2.05) is 11.8 Å². The fraction of sp³-hybridized carbons (Fsp3) is 0.571. The van der Waals surface area contributed by atoms with Crippen LogP contribution in [0.5, 0.6) is 0 Å². The summed E-state index contributed by atoms with van der Waals surface area (Å²) in [6.45, 7) is 4.76. The van der Waals surface area contributed by atoms with Crippen LogP contribution >= 0.6 is 11.8 Å². The average molecular weight is 233 g/mol. The van der Waals surface area contributed by atoms with Gasteiger partial charge >= 0.3 is 0 Å². The Hall–Kier alpha value is -0.470. The van der Waals surface area contributed by atoms with Gasteiger partial charge < -0.3 is 5.32 Å². The molecule has 1 saturated carbocycles. The average Bonchev–Trinajstić information content (AvgIpc) is 2.87. The van der Waals surface area contributed by atoms with E-state index in [1.54, 1.807) is 0 Å². The first-order chi connectivity index (χ1) is 7.75. The lowest BCUT2D eigenvalue weighted by Crippen LogP contribution is -2.29. The summed E-state index contributed by atoms with van der Waals surface area (Å²) in [7, 11) is 0. The maximum absolute atomic E-state index is 3.64. The number of rotatable bonds is 4. The molecule has 86 valence electrons. The molecule has 1 unspecified atom stereocenters. The Morgan fingerprint density at radius 2 is 2.19 bits per heavy atom. The van der Waals surface area contributed by atoms with E-state index in [2.05, 4.69) is 36.5 Å². The van der Waals surface area contributed by atoms with Crippen molar-refractivity contribution in [1.29, 1.82) is 0 Å². The number of fused-ring (bicyclic) bond motifs is 1. The van der Waals surface area contributed by atoms with Gasteiger partial charge in [0, 0.05) is 23.2 Å². The molecule has 1 heterocycles. The quantitative estimate of drug-likeness (QED) is 0.857. The fourth-order valence-corrected chi connectivity index (χ4v) is 3.58. The third kappa shape index (κ3) is 2.28. The molecule has 2 heteroatoms. The lowest BCUT2D eigenvalue weighted by molar-refractivity contribution is 0.498. The first-order valence-corrected chi connectivity index (χ1v) is 7.08. The van der Waals surface area contributed by atoms with Crippen molar-refractivity contribution >= 4 is 11.8 Å². The smallest absolute Gasteiger partial charge is 0.0260 e. The third-order valence-corrected chi connectivity index (χ3v) is 5.06. The van der Waals surface area contributed by atoms with Crippen molar-refractivity contribution in [2.24, 2.45) is 5.41 Å². The molecule has 0 radical (unpaired) electrons. The van der Waals surface area contributed by atoms with Crippen LogP contribution in [0, 0.1) is 5.41 Å². The normalized spacial score (nSPS) is 25.4. The number of hydrogen-bond acceptors (Lipinski definition) is 2. The standard InChI is InChI=1S/C14H19NS/c1-14(6-7-14)10-15-9-12-8-11-4-2-3-5-13(11)16-12/h2-5,12,15H,6-10H2,1H3. The van der Waals surface area contributed by atoms with Gasteiger partial charge in [0.1, 0.15) is 0 Å². The molecule has 1 aliphatic carbocycles. The zero-order valence-corrected chi connectivity index (χ0v) is 10.6. The second kappa shape index (κ2) is 4.08. The highest BCUT2D eigenvalue weighted by molar-refractivity contribution is 8.00. The SMILES string of the molecule is CC1(CNCC2Cc3ccccc3S2)CC1. The van der Waals surface area contributed by atoms with Gasteiger partial charge in [-0.05, 0) is 36.3 Å². The fourth-order valence-electron chi connectivity index (χ4n) is 2.29. The molecular formula is C14H19NS. The molecule has 0 saturated heterocycles. The zero-order valence-electron chi connectivity index (χ0n) is 9.83. The Labute approximate surface area is 102 Å². The first-order valence-electron chi connectivity index (χ1n) is 6.20. The minimum absolute atomic E-state index is 0.635. The van der Waals surface area contributed by atoms with Gasteiger partial charge in [0.2, 0.25) is 0 Å². The van der Waals surface area contributed by atoms with Crippen LogP contribution in [0.25, 0.3) is 0 Å². The van der Waals surface area contributed by atoms with E-state index in [1.165, 1.54) is 36.3 Å². The van der Waals surface area contributed by atoms with E-state index in [0.717, 1.165) is 11.8 Å². The van der Waals surface area contributed by atoms with E-state index in [0.29, 0.717) is 5.41 Å². The highest BCUT2D eigenvalue weighted by Crippen LogP contribution is 2.44. The van der Waals surface area contributed by atoms with E-state index < -0.39 is 0 Å². The Kier molecular flexibility index (Phi) is 2.72. The Balaban J connectivity index is 1.48. The number of nitrogens with one attached hydrogen (secondary N) is 1. The van der Waals surface area contributed by atoms with Crippen molar-refractivity contribution in [2.75, 3.05) is 13.1 Å². The van der Waals surface area contributed by atoms with Crippen molar-refractivity contribution in [1.82, 2.24) is 5.32 Å². The van der Waals surface area contributed by atoms with E-state index in [4.69, 9.17) is 0 Å². The second-order valence-electron chi connectivity index (χ2n) is 5.49. The van der Waals surface area contributed by atoms with Crippen LogP contribution < -0.4 is 5.32 Å². The molecule has 1 aromatic rings. The summed E-state index contributed by atoms with van der Waals surface area (Å²) < 4.78 is 0. The van der Waals surface area contributed by atoms with Gasteiger partial charge in [-0.15, -0.1) is 11.8 Å². The first kappa shape index (κ1) is 10.7. The van der Waals surface area contributed by atoms with E-state index in [-0.39, 0.29) is 0 Å². The van der Waals surface area contributed by atoms with Crippen molar-refractivity contribution in [3.8, 4) is 0 Å². The lowest BCUT2D eigenvalue weighted by Gasteiger charge is -2.13. The monoisotopic (exact) mass is 233 g/mol. The van der Waals surface area contributed by atoms with E-state index in [9.17, 15) is 0 Å². The number of hydrogen-bond donors (Lipinski definition) is 1. The molecule has 0 bridgehead atoms. The molecule has 1 nitrogen and oxygen atoms in total. The third-order valence-electron chi connectivity index (χ3n) is 3.74. The van der Waals surface area contributed by atoms with Gasteiger partial charge in [0.15, 0.2) is 0 Å². The Morgan fingerprint density at radius 1 is 1.38 bits per heavy atom. The number of thioether (sulfide) groups is 1. The summed E-state index contributed by atoms with van der Waals surface area (Å²) in [5, 5.41) is 4.39. The van der Waals surface area contributed by atoms with Gasteiger partial charge in [0.05, 0.1) is 0 Å². The molecule has 16 heavy (non-hydrogen) atoms. The maximum Gasteiger partial charge on any atom is 0.0260 e. The summed E-state index contributed by atoms with van der Waals surface area (Å²) in [6, 6.07) is 8.82. The molecular weight excluding hydrogens is 214 g/mol. The molecule has 1 N–H and O–H groups in total. The van der Waals surface area contributed by atoms with Gasteiger partial charge in [-0.2, -0.15) is 0 Å². The zero-order chi connectivity index (χ0) is 11.0. The molecule has 1 fully saturated rings. The van der Waals surface area contributed by atoms with Gasteiger partial charge in [0.25, 0.3) is 0 Å². The molecule has 2 aliphatic rings. The van der Waals surface area contributed by atoms with Crippen LogP contribution in [0.2, 0.25) is 0 Å². The van der Waals surface area contributed by atoms with Gasteiger partial charge in [-0.3, -0.25) is 0 Å². The summed E-state index contributed by atoms with van der Waals surface area (Å²) in [6.07, 6.45) is 4.07.